The van der Waals surface area contributed by atoms with Gasteiger partial charge >= 0.3 is 0 Å². The van der Waals surface area contributed by atoms with Crippen LogP contribution < -0.4 is 10.2 Å². The number of rotatable bonds is 4. The summed E-state index contributed by atoms with van der Waals surface area (Å²) in [6, 6.07) is 2.34. The quantitative estimate of drug-likeness (QED) is 0.841. The van der Waals surface area contributed by atoms with Crippen LogP contribution in [0.25, 0.3) is 0 Å². The van der Waals surface area contributed by atoms with E-state index in [1.54, 1.807) is 0 Å². The molecule has 2 aromatic rings. The number of nitrogens with zero attached hydrogens (tertiary/aromatic N) is 3. The molecule has 0 saturated carbocycles. The predicted octanol–water partition coefficient (Wildman–Crippen LogP) is 3.45. The summed E-state index contributed by atoms with van der Waals surface area (Å²) >= 11 is 0. The van der Waals surface area contributed by atoms with Crippen molar-refractivity contribution in [3.63, 3.8) is 0 Å². The van der Waals surface area contributed by atoms with E-state index in [0.717, 1.165) is 61.9 Å². The lowest BCUT2D eigenvalue weighted by Crippen LogP contribution is -2.38. The topological polar surface area (TPSA) is 74.4 Å². The Hall–Kier alpha value is -1.92. The molecule has 0 spiro atoms. The van der Waals surface area contributed by atoms with E-state index >= 15 is 0 Å². The van der Waals surface area contributed by atoms with Crippen molar-refractivity contribution in [2.45, 2.75) is 72.1 Å². The number of aliphatic hydroxyl groups is 1. The smallest absolute Gasteiger partial charge is 0.225 e. The Morgan fingerprint density at radius 3 is 2.71 bits per heavy atom. The number of anilines is 1. The van der Waals surface area contributed by atoms with Crippen molar-refractivity contribution in [1.29, 1.82) is 0 Å². The lowest BCUT2D eigenvalue weighted by Gasteiger charge is -2.37. The molecule has 3 heterocycles. The standard InChI is InChI=1S/C22H32N4O2/c1-14-9-17(28-15(14)2)12-23-19-10-22(3,4)11-20-18(19)13-24-21(25-20)26-7-5-16(27)6-8-26/h9,13,16,19,23,27H,5-8,10-12H2,1-4H3. The van der Waals surface area contributed by atoms with Gasteiger partial charge < -0.3 is 19.7 Å². The molecular formula is C22H32N4O2. The summed E-state index contributed by atoms with van der Waals surface area (Å²) in [5, 5.41) is 13.4. The predicted molar refractivity (Wildman–Crippen MR) is 109 cm³/mol. The third kappa shape index (κ3) is 4.08. The molecule has 2 N–H and O–H groups in total. The van der Waals surface area contributed by atoms with Crippen LogP contribution in [0.1, 0.15) is 67.5 Å². The van der Waals surface area contributed by atoms with E-state index in [1.165, 1.54) is 11.1 Å². The van der Waals surface area contributed by atoms with Crippen LogP contribution in [0.2, 0.25) is 0 Å². The van der Waals surface area contributed by atoms with Crippen LogP contribution in [0.15, 0.2) is 16.7 Å². The molecule has 0 aromatic carbocycles. The maximum atomic E-state index is 9.76. The lowest BCUT2D eigenvalue weighted by molar-refractivity contribution is 0.145. The summed E-state index contributed by atoms with van der Waals surface area (Å²) in [4.78, 5) is 11.8. The Balaban J connectivity index is 1.53. The Morgan fingerprint density at radius 2 is 2.04 bits per heavy atom. The third-order valence-electron chi connectivity index (χ3n) is 6.15. The second kappa shape index (κ2) is 7.48. The molecule has 152 valence electrons. The molecule has 6 heteroatoms. The van der Waals surface area contributed by atoms with Crippen LogP contribution in [-0.4, -0.2) is 34.3 Å². The summed E-state index contributed by atoms with van der Waals surface area (Å²) in [6.07, 6.45) is 5.42. The number of aromatic nitrogens is 2. The molecule has 6 nitrogen and oxygen atoms in total. The van der Waals surface area contributed by atoms with E-state index in [4.69, 9.17) is 9.40 Å². The molecular weight excluding hydrogens is 352 g/mol. The first kappa shape index (κ1) is 19.4. The first-order valence-corrected chi connectivity index (χ1v) is 10.4. The maximum Gasteiger partial charge on any atom is 0.225 e. The van der Waals surface area contributed by atoms with Gasteiger partial charge in [-0.1, -0.05) is 13.8 Å². The molecule has 0 radical (unpaired) electrons. The minimum absolute atomic E-state index is 0.184. The number of hydrogen-bond donors (Lipinski definition) is 2. The van der Waals surface area contributed by atoms with E-state index in [9.17, 15) is 5.11 Å². The van der Waals surface area contributed by atoms with E-state index < -0.39 is 0 Å². The molecule has 1 atom stereocenters. The van der Waals surface area contributed by atoms with Gasteiger partial charge in [0.2, 0.25) is 5.95 Å². The Bertz CT molecular complexity index is 818. The van der Waals surface area contributed by atoms with Crippen molar-refractivity contribution < 1.29 is 9.52 Å². The normalized spacial score (nSPS) is 22.3. The zero-order valence-electron chi connectivity index (χ0n) is 17.5. The molecule has 1 saturated heterocycles. The highest BCUT2D eigenvalue weighted by atomic mass is 16.3. The van der Waals surface area contributed by atoms with Gasteiger partial charge in [-0.25, -0.2) is 9.97 Å². The van der Waals surface area contributed by atoms with Crippen molar-refractivity contribution in [2.24, 2.45) is 5.41 Å². The summed E-state index contributed by atoms with van der Waals surface area (Å²) in [5.74, 6) is 2.77. The van der Waals surface area contributed by atoms with Gasteiger partial charge in [0.25, 0.3) is 0 Å². The van der Waals surface area contributed by atoms with E-state index in [-0.39, 0.29) is 17.6 Å². The minimum Gasteiger partial charge on any atom is -0.465 e. The molecule has 0 bridgehead atoms. The summed E-state index contributed by atoms with van der Waals surface area (Å²) < 4.78 is 5.83. The third-order valence-corrected chi connectivity index (χ3v) is 6.15. The molecule has 1 aliphatic heterocycles. The number of fused-ring (bicyclic) bond motifs is 1. The summed E-state index contributed by atoms with van der Waals surface area (Å²) in [6.45, 7) is 11.1. The fraction of sp³-hybridized carbons (Fsp3) is 0.636. The van der Waals surface area contributed by atoms with Gasteiger partial charge in [0.1, 0.15) is 11.5 Å². The van der Waals surface area contributed by atoms with Crippen molar-refractivity contribution >= 4 is 5.95 Å². The van der Waals surface area contributed by atoms with Crippen LogP contribution in [0.4, 0.5) is 5.95 Å². The number of hydrogen-bond acceptors (Lipinski definition) is 6. The van der Waals surface area contributed by atoms with Gasteiger partial charge in [-0.05, 0) is 56.6 Å². The molecule has 1 unspecified atom stereocenters. The Labute approximate surface area is 167 Å². The van der Waals surface area contributed by atoms with Gasteiger partial charge in [0.05, 0.1) is 18.3 Å². The molecule has 4 rings (SSSR count). The zero-order valence-corrected chi connectivity index (χ0v) is 17.5. The average Bonchev–Trinajstić information content (AvgIpc) is 2.97. The highest BCUT2D eigenvalue weighted by Gasteiger charge is 2.34. The highest BCUT2D eigenvalue weighted by molar-refractivity contribution is 5.37. The maximum absolute atomic E-state index is 9.76. The second-order valence-corrected chi connectivity index (χ2v) is 9.22. The van der Waals surface area contributed by atoms with Gasteiger partial charge in [-0.15, -0.1) is 0 Å². The van der Waals surface area contributed by atoms with E-state index in [0.29, 0.717) is 6.54 Å². The van der Waals surface area contributed by atoms with Gasteiger partial charge in [0.15, 0.2) is 0 Å². The fourth-order valence-corrected chi connectivity index (χ4v) is 4.40. The fourth-order valence-electron chi connectivity index (χ4n) is 4.40. The Kier molecular flexibility index (Phi) is 5.19. The molecule has 0 amide bonds. The largest absolute Gasteiger partial charge is 0.465 e. The minimum atomic E-state index is -0.185. The van der Waals surface area contributed by atoms with Crippen LogP contribution in [0.5, 0.6) is 0 Å². The molecule has 2 aliphatic rings. The monoisotopic (exact) mass is 384 g/mol. The first-order valence-electron chi connectivity index (χ1n) is 10.4. The SMILES string of the molecule is Cc1cc(CNC2CC(C)(C)Cc3nc(N4CCC(O)CC4)ncc32)oc1C. The lowest BCUT2D eigenvalue weighted by atomic mass is 9.74. The van der Waals surface area contributed by atoms with Crippen LogP contribution in [0, 0.1) is 19.3 Å². The molecule has 1 aliphatic carbocycles. The number of furan rings is 1. The summed E-state index contributed by atoms with van der Waals surface area (Å²) in [7, 11) is 0. The number of piperidine rings is 1. The number of nitrogens with one attached hydrogen (secondary N) is 1. The van der Waals surface area contributed by atoms with Crippen molar-refractivity contribution in [2.75, 3.05) is 18.0 Å². The second-order valence-electron chi connectivity index (χ2n) is 9.22. The van der Waals surface area contributed by atoms with E-state index in [2.05, 4.69) is 42.0 Å². The molecule has 2 aromatic heterocycles. The molecule has 28 heavy (non-hydrogen) atoms. The van der Waals surface area contributed by atoms with Gasteiger partial charge in [-0.2, -0.15) is 0 Å². The van der Waals surface area contributed by atoms with E-state index in [1.807, 2.05) is 13.1 Å². The first-order chi connectivity index (χ1) is 13.3. The van der Waals surface area contributed by atoms with Crippen molar-refractivity contribution in [3.8, 4) is 0 Å². The van der Waals surface area contributed by atoms with Crippen molar-refractivity contribution in [3.05, 3.63) is 40.6 Å². The van der Waals surface area contributed by atoms with Gasteiger partial charge in [0, 0.05) is 30.9 Å². The molecule has 1 fully saturated rings. The van der Waals surface area contributed by atoms with Crippen LogP contribution in [0.3, 0.4) is 0 Å². The highest BCUT2D eigenvalue weighted by Crippen LogP contribution is 2.40. The van der Waals surface area contributed by atoms with Crippen LogP contribution in [-0.2, 0) is 13.0 Å². The number of aliphatic hydroxyl groups excluding tert-OH is 1. The number of aryl methyl sites for hydroxylation is 2. The average molecular weight is 385 g/mol. The zero-order chi connectivity index (χ0) is 19.9. The van der Waals surface area contributed by atoms with Crippen molar-refractivity contribution in [1.82, 2.24) is 15.3 Å². The summed E-state index contributed by atoms with van der Waals surface area (Å²) in [5.41, 5.74) is 3.74. The van der Waals surface area contributed by atoms with Gasteiger partial charge in [-0.3, -0.25) is 0 Å². The Morgan fingerprint density at radius 1 is 1.29 bits per heavy atom. The van der Waals surface area contributed by atoms with Crippen LogP contribution >= 0.6 is 0 Å².